The van der Waals surface area contributed by atoms with Crippen molar-refractivity contribution in [3.63, 3.8) is 0 Å². The second-order valence-electron chi connectivity index (χ2n) is 4.77. The maximum atomic E-state index is 12.2. The van der Waals surface area contributed by atoms with Crippen molar-refractivity contribution in [1.82, 2.24) is 4.90 Å². The van der Waals surface area contributed by atoms with Crippen LogP contribution in [0.15, 0.2) is 24.3 Å². The van der Waals surface area contributed by atoms with Crippen molar-refractivity contribution in [3.05, 3.63) is 35.4 Å². The van der Waals surface area contributed by atoms with Crippen LogP contribution in [0.3, 0.4) is 0 Å². The fourth-order valence-corrected chi connectivity index (χ4v) is 1.99. The summed E-state index contributed by atoms with van der Waals surface area (Å²) in [5.74, 6) is -0.357. The SMILES string of the molecule is CCCCN(CC(N)=O)CC(=O)c1ccccc1C. The van der Waals surface area contributed by atoms with Crippen molar-refractivity contribution < 1.29 is 9.59 Å². The van der Waals surface area contributed by atoms with Crippen molar-refractivity contribution >= 4 is 11.7 Å². The molecule has 0 aliphatic heterocycles. The Labute approximate surface area is 114 Å². The van der Waals surface area contributed by atoms with Crippen molar-refractivity contribution in [3.8, 4) is 0 Å². The van der Waals surface area contributed by atoms with E-state index in [1.807, 2.05) is 36.1 Å². The molecule has 0 atom stereocenters. The summed E-state index contributed by atoms with van der Waals surface area (Å²) >= 11 is 0. The average Bonchev–Trinajstić information content (AvgIpc) is 2.35. The third-order valence-electron chi connectivity index (χ3n) is 3.02. The molecule has 0 bridgehead atoms. The molecule has 0 aliphatic rings. The number of carbonyl (C=O) groups excluding carboxylic acids is 2. The van der Waals surface area contributed by atoms with Gasteiger partial charge in [0.1, 0.15) is 0 Å². The molecule has 1 amide bonds. The quantitative estimate of drug-likeness (QED) is 0.726. The largest absolute Gasteiger partial charge is 0.369 e. The van der Waals surface area contributed by atoms with E-state index in [-0.39, 0.29) is 18.9 Å². The van der Waals surface area contributed by atoms with Gasteiger partial charge in [0, 0.05) is 5.56 Å². The fraction of sp³-hybridized carbons (Fsp3) is 0.467. The first-order chi connectivity index (χ1) is 9.04. The Bertz CT molecular complexity index is 444. The number of hydrogen-bond donors (Lipinski definition) is 1. The summed E-state index contributed by atoms with van der Waals surface area (Å²) in [6.45, 7) is 5.09. The Morgan fingerprint density at radius 2 is 1.89 bits per heavy atom. The zero-order chi connectivity index (χ0) is 14.3. The number of rotatable bonds is 8. The van der Waals surface area contributed by atoms with E-state index in [2.05, 4.69) is 6.92 Å². The number of benzene rings is 1. The first-order valence-corrected chi connectivity index (χ1v) is 6.64. The molecule has 1 rings (SSSR count). The number of ketones is 1. The molecule has 0 saturated heterocycles. The van der Waals surface area contributed by atoms with Gasteiger partial charge < -0.3 is 5.73 Å². The normalized spacial score (nSPS) is 10.7. The number of nitrogens with zero attached hydrogens (tertiary/aromatic N) is 1. The molecule has 0 aromatic heterocycles. The van der Waals surface area contributed by atoms with E-state index in [0.717, 1.165) is 24.9 Å². The van der Waals surface area contributed by atoms with Gasteiger partial charge in [-0.2, -0.15) is 0 Å². The predicted molar refractivity (Wildman–Crippen MR) is 76.1 cm³/mol. The molecule has 0 heterocycles. The van der Waals surface area contributed by atoms with Crippen LogP contribution in [-0.2, 0) is 4.79 Å². The molecule has 4 heteroatoms. The summed E-state index contributed by atoms with van der Waals surface area (Å²) < 4.78 is 0. The number of aryl methyl sites for hydroxylation is 1. The van der Waals surface area contributed by atoms with E-state index in [0.29, 0.717) is 5.56 Å². The van der Waals surface area contributed by atoms with Gasteiger partial charge in [-0.3, -0.25) is 14.5 Å². The van der Waals surface area contributed by atoms with Crippen LogP contribution in [0.25, 0.3) is 0 Å². The molecule has 0 spiro atoms. The van der Waals surface area contributed by atoms with E-state index < -0.39 is 5.91 Å². The van der Waals surface area contributed by atoms with Crippen LogP contribution in [-0.4, -0.2) is 36.2 Å². The maximum absolute atomic E-state index is 12.2. The van der Waals surface area contributed by atoms with Gasteiger partial charge in [-0.05, 0) is 25.5 Å². The van der Waals surface area contributed by atoms with Crippen LogP contribution in [0.4, 0.5) is 0 Å². The Balaban J connectivity index is 2.70. The fourth-order valence-electron chi connectivity index (χ4n) is 1.99. The van der Waals surface area contributed by atoms with Gasteiger partial charge in [0.25, 0.3) is 0 Å². The topological polar surface area (TPSA) is 63.4 Å². The Morgan fingerprint density at radius 1 is 1.21 bits per heavy atom. The zero-order valence-electron chi connectivity index (χ0n) is 11.7. The number of amides is 1. The van der Waals surface area contributed by atoms with Crippen molar-refractivity contribution in [2.75, 3.05) is 19.6 Å². The Kier molecular flexibility index (Phi) is 6.22. The van der Waals surface area contributed by atoms with Crippen molar-refractivity contribution in [1.29, 1.82) is 0 Å². The molecule has 0 fully saturated rings. The summed E-state index contributed by atoms with van der Waals surface area (Å²) in [6.07, 6.45) is 1.97. The Hall–Kier alpha value is -1.68. The lowest BCUT2D eigenvalue weighted by Crippen LogP contribution is -2.38. The van der Waals surface area contributed by atoms with Crippen LogP contribution in [0.5, 0.6) is 0 Å². The number of unbranched alkanes of at least 4 members (excludes halogenated alkanes) is 1. The second-order valence-corrected chi connectivity index (χ2v) is 4.77. The highest BCUT2D eigenvalue weighted by Crippen LogP contribution is 2.09. The first-order valence-electron chi connectivity index (χ1n) is 6.64. The molecule has 104 valence electrons. The van der Waals surface area contributed by atoms with Crippen LogP contribution in [0, 0.1) is 6.92 Å². The van der Waals surface area contributed by atoms with E-state index in [4.69, 9.17) is 5.73 Å². The molecule has 0 unspecified atom stereocenters. The molecule has 0 saturated carbocycles. The summed E-state index contributed by atoms with van der Waals surface area (Å²) in [5, 5.41) is 0. The first kappa shape index (κ1) is 15.4. The van der Waals surface area contributed by atoms with E-state index in [1.54, 1.807) is 0 Å². The molecule has 1 aromatic carbocycles. The van der Waals surface area contributed by atoms with Gasteiger partial charge in [-0.25, -0.2) is 0 Å². The van der Waals surface area contributed by atoms with Crippen LogP contribution in [0.1, 0.15) is 35.7 Å². The number of carbonyl (C=O) groups is 2. The third-order valence-corrected chi connectivity index (χ3v) is 3.02. The highest BCUT2D eigenvalue weighted by molar-refractivity contribution is 5.99. The average molecular weight is 262 g/mol. The number of primary amides is 1. The standard InChI is InChI=1S/C15H22N2O2/c1-3-4-9-17(11-15(16)19)10-14(18)13-8-6-5-7-12(13)2/h5-8H,3-4,9-11H2,1-2H3,(H2,16,19). The van der Waals surface area contributed by atoms with Gasteiger partial charge in [-0.15, -0.1) is 0 Å². The molecular weight excluding hydrogens is 240 g/mol. The molecule has 0 aliphatic carbocycles. The van der Waals surface area contributed by atoms with Crippen LogP contribution in [0.2, 0.25) is 0 Å². The molecule has 1 aromatic rings. The van der Waals surface area contributed by atoms with Gasteiger partial charge in [0.05, 0.1) is 13.1 Å². The summed E-state index contributed by atoms with van der Waals surface area (Å²) in [7, 11) is 0. The third kappa shape index (κ3) is 5.22. The lowest BCUT2D eigenvalue weighted by Gasteiger charge is -2.19. The van der Waals surface area contributed by atoms with Crippen LogP contribution < -0.4 is 5.73 Å². The smallest absolute Gasteiger partial charge is 0.231 e. The van der Waals surface area contributed by atoms with Crippen molar-refractivity contribution in [2.45, 2.75) is 26.7 Å². The number of hydrogen-bond acceptors (Lipinski definition) is 3. The highest BCUT2D eigenvalue weighted by atomic mass is 16.1. The molecule has 2 N–H and O–H groups in total. The minimum absolute atomic E-state index is 0.0375. The van der Waals surface area contributed by atoms with Gasteiger partial charge in [0.2, 0.25) is 5.91 Å². The van der Waals surface area contributed by atoms with E-state index in [9.17, 15) is 9.59 Å². The maximum Gasteiger partial charge on any atom is 0.231 e. The number of Topliss-reactive ketones (excluding diaryl/α,β-unsaturated/α-hetero) is 1. The lowest BCUT2D eigenvalue weighted by molar-refractivity contribution is -0.119. The summed E-state index contributed by atoms with van der Waals surface area (Å²) in [5.41, 5.74) is 6.89. The second kappa shape index (κ2) is 7.69. The monoisotopic (exact) mass is 262 g/mol. The van der Waals surface area contributed by atoms with Crippen LogP contribution >= 0.6 is 0 Å². The molecule has 0 radical (unpaired) electrons. The van der Waals surface area contributed by atoms with E-state index >= 15 is 0 Å². The lowest BCUT2D eigenvalue weighted by atomic mass is 10.0. The zero-order valence-corrected chi connectivity index (χ0v) is 11.7. The summed E-state index contributed by atoms with van der Waals surface area (Å²) in [6, 6.07) is 7.49. The molecule has 19 heavy (non-hydrogen) atoms. The van der Waals surface area contributed by atoms with Gasteiger partial charge in [-0.1, -0.05) is 37.6 Å². The molecule has 4 nitrogen and oxygen atoms in total. The minimum atomic E-state index is -0.395. The summed E-state index contributed by atoms with van der Waals surface area (Å²) in [4.78, 5) is 25.1. The Morgan fingerprint density at radius 3 is 2.47 bits per heavy atom. The van der Waals surface area contributed by atoms with E-state index in [1.165, 1.54) is 0 Å². The minimum Gasteiger partial charge on any atom is -0.369 e. The highest BCUT2D eigenvalue weighted by Gasteiger charge is 2.15. The van der Waals surface area contributed by atoms with Gasteiger partial charge in [0.15, 0.2) is 5.78 Å². The van der Waals surface area contributed by atoms with Crippen molar-refractivity contribution in [2.24, 2.45) is 5.73 Å². The van der Waals surface area contributed by atoms with Gasteiger partial charge >= 0.3 is 0 Å². The number of nitrogens with two attached hydrogens (primary N) is 1. The molecular formula is C15H22N2O2. The predicted octanol–water partition coefficient (Wildman–Crippen LogP) is 1.77.